The average molecular weight is 300 g/mol. The molecule has 0 aliphatic carbocycles. The molecule has 1 heterocycles. The van der Waals surface area contributed by atoms with Crippen molar-refractivity contribution in [2.45, 2.75) is 17.7 Å². The first kappa shape index (κ1) is 11.7. The van der Waals surface area contributed by atoms with Gasteiger partial charge in [-0.15, -0.1) is 0 Å². The Labute approximate surface area is 108 Å². The molecule has 0 aliphatic heterocycles. The van der Waals surface area contributed by atoms with Crippen molar-refractivity contribution >= 4 is 27.5 Å². The number of alkyl halides is 1. The van der Waals surface area contributed by atoms with Gasteiger partial charge in [0.1, 0.15) is 5.82 Å². The van der Waals surface area contributed by atoms with Gasteiger partial charge in [0.05, 0.1) is 0 Å². The summed E-state index contributed by atoms with van der Waals surface area (Å²) in [6, 6.07) is 7.95. The van der Waals surface area contributed by atoms with Gasteiger partial charge in [0, 0.05) is 28.7 Å². The number of aromatic nitrogens is 2. The first-order chi connectivity index (χ1) is 7.74. The Kier molecular flexibility index (Phi) is 4.02. The van der Waals surface area contributed by atoms with E-state index in [1.165, 1.54) is 5.56 Å². The van der Waals surface area contributed by atoms with Gasteiger partial charge < -0.3 is 4.98 Å². The molecule has 0 spiro atoms. The molecule has 1 atom stereocenters. The van der Waals surface area contributed by atoms with Crippen LogP contribution in [0, 0.1) is 0 Å². The highest BCUT2D eigenvalue weighted by molar-refractivity contribution is 9.09. The van der Waals surface area contributed by atoms with Crippen molar-refractivity contribution in [3.05, 3.63) is 53.1 Å². The van der Waals surface area contributed by atoms with E-state index in [1.807, 2.05) is 18.3 Å². The molecule has 2 aromatic rings. The number of nitrogens with one attached hydrogen (secondary N) is 1. The van der Waals surface area contributed by atoms with Crippen molar-refractivity contribution in [1.29, 1.82) is 0 Å². The second kappa shape index (κ2) is 5.51. The van der Waals surface area contributed by atoms with Crippen LogP contribution in [0.3, 0.4) is 0 Å². The summed E-state index contributed by atoms with van der Waals surface area (Å²) in [7, 11) is 0. The first-order valence-electron chi connectivity index (χ1n) is 5.11. The predicted molar refractivity (Wildman–Crippen MR) is 70.2 cm³/mol. The zero-order valence-electron chi connectivity index (χ0n) is 8.66. The molecule has 4 heteroatoms. The van der Waals surface area contributed by atoms with Crippen LogP contribution in [-0.4, -0.2) is 14.8 Å². The SMILES string of the molecule is Clc1ccc(CC(Br)Cc2ncc[nH]2)cc1. The lowest BCUT2D eigenvalue weighted by molar-refractivity contribution is 0.814. The van der Waals surface area contributed by atoms with E-state index in [4.69, 9.17) is 11.6 Å². The molecule has 0 amide bonds. The molecule has 0 fully saturated rings. The number of hydrogen-bond donors (Lipinski definition) is 1. The lowest BCUT2D eigenvalue weighted by atomic mass is 10.1. The van der Waals surface area contributed by atoms with Crippen LogP contribution < -0.4 is 0 Å². The summed E-state index contributed by atoms with van der Waals surface area (Å²) in [4.78, 5) is 7.69. The van der Waals surface area contributed by atoms with Crippen molar-refractivity contribution in [2.24, 2.45) is 0 Å². The minimum Gasteiger partial charge on any atom is -0.349 e. The molecule has 2 nitrogen and oxygen atoms in total. The van der Waals surface area contributed by atoms with E-state index < -0.39 is 0 Å². The number of rotatable bonds is 4. The van der Waals surface area contributed by atoms with E-state index in [0.29, 0.717) is 4.83 Å². The van der Waals surface area contributed by atoms with Crippen molar-refractivity contribution in [3.8, 4) is 0 Å². The third-order valence-electron chi connectivity index (χ3n) is 2.34. The molecular weight excluding hydrogens is 288 g/mol. The summed E-state index contributed by atoms with van der Waals surface area (Å²) in [5.41, 5.74) is 1.28. The molecule has 0 aliphatic rings. The largest absolute Gasteiger partial charge is 0.349 e. The van der Waals surface area contributed by atoms with Gasteiger partial charge in [-0.1, -0.05) is 39.7 Å². The normalized spacial score (nSPS) is 12.6. The van der Waals surface area contributed by atoms with E-state index in [-0.39, 0.29) is 0 Å². The molecule has 1 unspecified atom stereocenters. The van der Waals surface area contributed by atoms with Gasteiger partial charge in [0.2, 0.25) is 0 Å². The van der Waals surface area contributed by atoms with E-state index in [9.17, 15) is 0 Å². The van der Waals surface area contributed by atoms with E-state index in [2.05, 4.69) is 38.0 Å². The smallest absolute Gasteiger partial charge is 0.107 e. The van der Waals surface area contributed by atoms with Crippen LogP contribution in [0.1, 0.15) is 11.4 Å². The number of benzene rings is 1. The van der Waals surface area contributed by atoms with Crippen LogP contribution in [0.4, 0.5) is 0 Å². The number of halogens is 2. The average Bonchev–Trinajstić information content (AvgIpc) is 2.74. The summed E-state index contributed by atoms with van der Waals surface area (Å²) in [6.07, 6.45) is 5.49. The summed E-state index contributed by atoms with van der Waals surface area (Å²) >= 11 is 9.50. The molecule has 2 rings (SSSR count). The Morgan fingerprint density at radius 3 is 2.62 bits per heavy atom. The number of imidazole rings is 1. The standard InChI is InChI=1S/C12H12BrClN2/c13-10(8-12-15-5-6-16-12)7-9-1-3-11(14)4-2-9/h1-6,10H,7-8H2,(H,15,16). The third-order valence-corrected chi connectivity index (χ3v) is 3.24. The highest BCUT2D eigenvalue weighted by Gasteiger charge is 2.08. The predicted octanol–water partition coefficient (Wildman–Crippen LogP) is 3.61. The van der Waals surface area contributed by atoms with Crippen LogP contribution >= 0.6 is 27.5 Å². The highest BCUT2D eigenvalue weighted by atomic mass is 79.9. The van der Waals surface area contributed by atoms with E-state index >= 15 is 0 Å². The molecule has 16 heavy (non-hydrogen) atoms. The van der Waals surface area contributed by atoms with Crippen molar-refractivity contribution in [1.82, 2.24) is 9.97 Å². The van der Waals surface area contributed by atoms with Crippen LogP contribution in [0.2, 0.25) is 5.02 Å². The zero-order chi connectivity index (χ0) is 11.4. The maximum Gasteiger partial charge on any atom is 0.107 e. The second-order valence-electron chi connectivity index (χ2n) is 3.67. The molecular formula is C12H12BrClN2. The van der Waals surface area contributed by atoms with Crippen LogP contribution in [0.25, 0.3) is 0 Å². The van der Waals surface area contributed by atoms with Gasteiger partial charge in [-0.05, 0) is 24.1 Å². The summed E-state index contributed by atoms with van der Waals surface area (Å²) in [5.74, 6) is 1.01. The zero-order valence-corrected chi connectivity index (χ0v) is 11.0. The minimum absolute atomic E-state index is 0.389. The highest BCUT2D eigenvalue weighted by Crippen LogP contribution is 2.16. The van der Waals surface area contributed by atoms with Gasteiger partial charge in [-0.25, -0.2) is 4.98 Å². The Morgan fingerprint density at radius 1 is 1.25 bits per heavy atom. The van der Waals surface area contributed by atoms with Gasteiger partial charge in [0.15, 0.2) is 0 Å². The topological polar surface area (TPSA) is 28.7 Å². The fourth-order valence-electron chi connectivity index (χ4n) is 1.57. The molecule has 1 N–H and O–H groups in total. The summed E-state index contributed by atoms with van der Waals surface area (Å²) in [6.45, 7) is 0. The Morgan fingerprint density at radius 2 is 2.00 bits per heavy atom. The molecule has 0 bridgehead atoms. The van der Waals surface area contributed by atoms with Gasteiger partial charge >= 0.3 is 0 Å². The van der Waals surface area contributed by atoms with Crippen molar-refractivity contribution < 1.29 is 0 Å². The number of aromatic amines is 1. The van der Waals surface area contributed by atoms with Crippen LogP contribution in [-0.2, 0) is 12.8 Å². The number of hydrogen-bond acceptors (Lipinski definition) is 1. The number of nitrogens with zero attached hydrogens (tertiary/aromatic N) is 1. The Bertz CT molecular complexity index is 425. The van der Waals surface area contributed by atoms with Crippen molar-refractivity contribution in [2.75, 3.05) is 0 Å². The molecule has 0 saturated carbocycles. The van der Waals surface area contributed by atoms with Crippen LogP contribution in [0.5, 0.6) is 0 Å². The molecule has 0 saturated heterocycles. The van der Waals surface area contributed by atoms with Gasteiger partial charge in [0.25, 0.3) is 0 Å². The maximum atomic E-state index is 5.84. The van der Waals surface area contributed by atoms with Gasteiger partial charge in [-0.2, -0.15) is 0 Å². The second-order valence-corrected chi connectivity index (χ2v) is 5.40. The van der Waals surface area contributed by atoms with E-state index in [1.54, 1.807) is 6.20 Å². The van der Waals surface area contributed by atoms with Crippen LogP contribution in [0.15, 0.2) is 36.7 Å². The first-order valence-corrected chi connectivity index (χ1v) is 6.40. The lowest BCUT2D eigenvalue weighted by Crippen LogP contribution is -2.07. The Balaban J connectivity index is 1.92. The fraction of sp³-hybridized carbons (Fsp3) is 0.250. The maximum absolute atomic E-state index is 5.84. The van der Waals surface area contributed by atoms with Crippen molar-refractivity contribution in [3.63, 3.8) is 0 Å². The fourth-order valence-corrected chi connectivity index (χ4v) is 2.37. The summed E-state index contributed by atoms with van der Waals surface area (Å²) < 4.78 is 0. The quantitative estimate of drug-likeness (QED) is 0.858. The summed E-state index contributed by atoms with van der Waals surface area (Å²) in [5, 5.41) is 0.779. The third kappa shape index (κ3) is 3.35. The van der Waals surface area contributed by atoms with Gasteiger partial charge in [-0.3, -0.25) is 0 Å². The molecule has 1 aromatic heterocycles. The molecule has 0 radical (unpaired) electrons. The number of H-pyrrole nitrogens is 1. The Hall–Kier alpha value is -0.800. The van der Waals surface area contributed by atoms with E-state index in [0.717, 1.165) is 23.7 Å². The lowest BCUT2D eigenvalue weighted by Gasteiger charge is -2.08. The molecule has 84 valence electrons. The molecule has 1 aromatic carbocycles. The minimum atomic E-state index is 0.389. The monoisotopic (exact) mass is 298 g/mol.